The third-order valence-corrected chi connectivity index (χ3v) is 6.05. The van der Waals surface area contributed by atoms with Crippen LogP contribution in [-0.2, 0) is 13.6 Å². The van der Waals surface area contributed by atoms with E-state index in [9.17, 15) is 4.57 Å². The number of piperidine rings is 2. The number of hydrogen-bond donors (Lipinski definition) is 1. The molecule has 0 aromatic rings. The fourth-order valence-corrected chi connectivity index (χ4v) is 4.62. The molecule has 0 aliphatic carbocycles. The predicted molar refractivity (Wildman–Crippen MR) is 81.4 cm³/mol. The van der Waals surface area contributed by atoms with Crippen LogP contribution in [0.4, 0.5) is 0 Å². The van der Waals surface area contributed by atoms with Gasteiger partial charge in [0.1, 0.15) is 0 Å². The molecule has 0 saturated carbocycles. The van der Waals surface area contributed by atoms with Gasteiger partial charge in [-0.1, -0.05) is 13.3 Å². The van der Waals surface area contributed by atoms with Crippen LogP contribution in [0.5, 0.6) is 0 Å². The van der Waals surface area contributed by atoms with Crippen LogP contribution >= 0.6 is 7.60 Å². The van der Waals surface area contributed by atoms with Gasteiger partial charge in [0.2, 0.25) is 0 Å². The standard InChI is InChI=1S/C15H30NO3P/c1-3-4-12-18-20(2,17)19-13-14-8-7-11-16-10-6-5-9-15(14)16/h14-15H,3-13H2,1-2H3/p+1. The second-order valence-corrected chi connectivity index (χ2v) is 8.48. The quantitative estimate of drug-likeness (QED) is 0.580. The summed E-state index contributed by atoms with van der Waals surface area (Å²) < 4.78 is 23.3. The molecule has 0 aromatic carbocycles. The number of rotatable bonds is 7. The van der Waals surface area contributed by atoms with Crippen molar-refractivity contribution in [1.82, 2.24) is 0 Å². The molecular weight excluding hydrogens is 273 g/mol. The highest BCUT2D eigenvalue weighted by Crippen LogP contribution is 2.44. The molecule has 2 heterocycles. The van der Waals surface area contributed by atoms with Crippen molar-refractivity contribution in [3.05, 3.63) is 0 Å². The van der Waals surface area contributed by atoms with Crippen molar-refractivity contribution < 1.29 is 18.5 Å². The van der Waals surface area contributed by atoms with Gasteiger partial charge < -0.3 is 13.9 Å². The lowest BCUT2D eigenvalue weighted by Gasteiger charge is -2.41. The summed E-state index contributed by atoms with van der Waals surface area (Å²) in [5.74, 6) is 0.571. The Morgan fingerprint density at radius 2 is 1.95 bits per heavy atom. The van der Waals surface area contributed by atoms with Crippen molar-refractivity contribution in [3.63, 3.8) is 0 Å². The van der Waals surface area contributed by atoms with Gasteiger partial charge in [-0.25, -0.2) is 0 Å². The molecule has 4 atom stereocenters. The molecule has 2 rings (SSSR count). The maximum absolute atomic E-state index is 12.2. The van der Waals surface area contributed by atoms with Crippen LogP contribution in [0, 0.1) is 5.92 Å². The summed E-state index contributed by atoms with van der Waals surface area (Å²) in [5, 5.41) is 0. The Morgan fingerprint density at radius 3 is 2.75 bits per heavy atom. The van der Waals surface area contributed by atoms with Crippen LogP contribution in [0.3, 0.4) is 0 Å². The van der Waals surface area contributed by atoms with E-state index in [1.165, 1.54) is 45.2 Å². The second-order valence-electron chi connectivity index (χ2n) is 6.42. The van der Waals surface area contributed by atoms with E-state index in [2.05, 4.69) is 6.92 Å². The Kier molecular flexibility index (Phi) is 6.54. The fraction of sp³-hybridized carbons (Fsp3) is 1.00. The van der Waals surface area contributed by atoms with Crippen molar-refractivity contribution in [2.24, 2.45) is 5.92 Å². The molecule has 0 amide bonds. The predicted octanol–water partition coefficient (Wildman–Crippen LogP) is 2.49. The van der Waals surface area contributed by atoms with Crippen LogP contribution in [0.25, 0.3) is 0 Å². The van der Waals surface area contributed by atoms with Gasteiger partial charge in [0.15, 0.2) is 0 Å². The van der Waals surface area contributed by atoms with Gasteiger partial charge in [-0.05, 0) is 38.5 Å². The van der Waals surface area contributed by atoms with E-state index >= 15 is 0 Å². The summed E-state index contributed by atoms with van der Waals surface area (Å²) in [4.78, 5) is 1.76. The molecule has 0 aromatic heterocycles. The second kappa shape index (κ2) is 7.93. The van der Waals surface area contributed by atoms with Crippen LogP contribution in [0.2, 0.25) is 0 Å². The molecular formula is C15H31NO3P+. The fourth-order valence-electron chi connectivity index (χ4n) is 3.62. The highest BCUT2D eigenvalue weighted by atomic mass is 31.2. The van der Waals surface area contributed by atoms with E-state index in [0.717, 1.165) is 18.9 Å². The van der Waals surface area contributed by atoms with Crippen molar-refractivity contribution in [2.75, 3.05) is 33.0 Å². The summed E-state index contributed by atoms with van der Waals surface area (Å²) in [5.41, 5.74) is 0. The average molecular weight is 304 g/mol. The van der Waals surface area contributed by atoms with Gasteiger partial charge in [0.25, 0.3) is 0 Å². The maximum atomic E-state index is 12.2. The van der Waals surface area contributed by atoms with Gasteiger partial charge in [0, 0.05) is 12.6 Å². The smallest absolute Gasteiger partial charge is 0.327 e. The first-order valence-electron chi connectivity index (χ1n) is 8.33. The van der Waals surface area contributed by atoms with Crippen molar-refractivity contribution in [1.29, 1.82) is 0 Å². The van der Waals surface area contributed by atoms with Gasteiger partial charge in [-0.3, -0.25) is 4.57 Å². The summed E-state index contributed by atoms with van der Waals surface area (Å²) in [6.07, 6.45) is 8.54. The molecule has 118 valence electrons. The van der Waals surface area contributed by atoms with Crippen LogP contribution in [-0.4, -0.2) is 39.0 Å². The topological polar surface area (TPSA) is 40.0 Å². The first-order valence-corrected chi connectivity index (χ1v) is 10.3. The normalized spacial score (nSPS) is 33.4. The van der Waals surface area contributed by atoms with Gasteiger partial charge in [0.05, 0.1) is 32.3 Å². The summed E-state index contributed by atoms with van der Waals surface area (Å²) in [6.45, 7) is 7.53. The van der Waals surface area contributed by atoms with E-state index in [4.69, 9.17) is 9.05 Å². The van der Waals surface area contributed by atoms with Crippen LogP contribution in [0.1, 0.15) is 51.9 Å². The number of fused-ring (bicyclic) bond motifs is 1. The van der Waals surface area contributed by atoms with Gasteiger partial charge in [-0.2, -0.15) is 0 Å². The number of nitrogens with one attached hydrogen (secondary N) is 1. The minimum atomic E-state index is -2.85. The van der Waals surface area contributed by atoms with E-state index in [0.29, 0.717) is 19.1 Å². The largest absolute Gasteiger partial charge is 0.332 e. The van der Waals surface area contributed by atoms with E-state index < -0.39 is 7.60 Å². The monoisotopic (exact) mass is 304 g/mol. The first-order chi connectivity index (χ1) is 9.62. The number of hydrogen-bond acceptors (Lipinski definition) is 3. The van der Waals surface area contributed by atoms with Crippen molar-refractivity contribution in [2.45, 2.75) is 57.9 Å². The Morgan fingerprint density at radius 1 is 1.15 bits per heavy atom. The average Bonchev–Trinajstić information content (AvgIpc) is 2.45. The van der Waals surface area contributed by atoms with E-state index in [1.807, 2.05) is 0 Å². The Hall–Kier alpha value is 0.110. The number of unbranched alkanes of at least 4 members (excludes halogenated alkanes) is 1. The SMILES string of the molecule is CCCCOP(C)(=O)OCC1CCC[NH+]2CCCCC12. The molecule has 20 heavy (non-hydrogen) atoms. The van der Waals surface area contributed by atoms with E-state index in [1.54, 1.807) is 11.6 Å². The number of quaternary nitrogens is 1. The molecule has 2 aliphatic rings. The third kappa shape index (κ3) is 4.84. The van der Waals surface area contributed by atoms with Crippen molar-refractivity contribution in [3.8, 4) is 0 Å². The van der Waals surface area contributed by atoms with Crippen molar-refractivity contribution >= 4 is 7.60 Å². The van der Waals surface area contributed by atoms with Crippen LogP contribution < -0.4 is 4.90 Å². The first kappa shape index (κ1) is 16.5. The summed E-state index contributed by atoms with van der Waals surface area (Å²) in [6, 6.07) is 0.730. The third-order valence-electron chi connectivity index (χ3n) is 4.78. The summed E-state index contributed by atoms with van der Waals surface area (Å²) >= 11 is 0. The minimum absolute atomic E-state index is 0.551. The minimum Gasteiger partial charge on any atom is -0.332 e. The Bertz CT molecular complexity index is 335. The molecule has 4 nitrogen and oxygen atoms in total. The van der Waals surface area contributed by atoms with Gasteiger partial charge >= 0.3 is 7.60 Å². The van der Waals surface area contributed by atoms with Crippen LogP contribution in [0.15, 0.2) is 0 Å². The molecule has 0 bridgehead atoms. The molecule has 0 radical (unpaired) electrons. The van der Waals surface area contributed by atoms with E-state index in [-0.39, 0.29) is 0 Å². The molecule has 2 fully saturated rings. The molecule has 2 aliphatic heterocycles. The zero-order valence-electron chi connectivity index (χ0n) is 13.1. The van der Waals surface area contributed by atoms with Gasteiger partial charge in [-0.15, -0.1) is 0 Å². The lowest BCUT2D eigenvalue weighted by molar-refractivity contribution is -0.940. The molecule has 1 N–H and O–H groups in total. The molecule has 2 saturated heterocycles. The zero-order chi connectivity index (χ0) is 14.4. The Labute approximate surface area is 123 Å². The molecule has 5 heteroatoms. The zero-order valence-corrected chi connectivity index (χ0v) is 14.0. The Balaban J connectivity index is 1.78. The lowest BCUT2D eigenvalue weighted by atomic mass is 9.84. The molecule has 0 spiro atoms. The highest BCUT2D eigenvalue weighted by Gasteiger charge is 2.37. The highest BCUT2D eigenvalue weighted by molar-refractivity contribution is 7.52. The maximum Gasteiger partial charge on any atom is 0.327 e. The lowest BCUT2D eigenvalue weighted by Crippen LogP contribution is -3.18. The molecule has 4 unspecified atom stereocenters. The summed E-state index contributed by atoms with van der Waals surface area (Å²) in [7, 11) is -2.85.